The number of pyridine rings is 1. The van der Waals surface area contributed by atoms with Gasteiger partial charge in [0, 0.05) is 30.7 Å². The highest BCUT2D eigenvalue weighted by Crippen LogP contribution is 2.32. The number of ether oxygens (including phenoxy) is 2. The van der Waals surface area contributed by atoms with Gasteiger partial charge in [0.05, 0.1) is 0 Å². The zero-order valence-electron chi connectivity index (χ0n) is 13.5. The highest BCUT2D eigenvalue weighted by Gasteiger charge is 2.13. The Labute approximate surface area is 140 Å². The molecule has 0 saturated heterocycles. The predicted molar refractivity (Wildman–Crippen MR) is 91.4 cm³/mol. The molecule has 2 aromatic heterocycles. The normalized spacial score (nSPS) is 12.5. The van der Waals surface area contributed by atoms with Crippen molar-refractivity contribution >= 4 is 0 Å². The molecule has 0 fully saturated rings. The van der Waals surface area contributed by atoms with Gasteiger partial charge in [0.1, 0.15) is 5.82 Å². The van der Waals surface area contributed by atoms with Crippen LogP contribution in [0.3, 0.4) is 0 Å². The zero-order valence-corrected chi connectivity index (χ0v) is 13.5. The van der Waals surface area contributed by atoms with Crippen LogP contribution in [0.25, 0.3) is 5.82 Å². The molecule has 1 N–H and O–H groups in total. The first-order valence-electron chi connectivity index (χ1n) is 7.99. The van der Waals surface area contributed by atoms with E-state index in [0.29, 0.717) is 6.79 Å². The van der Waals surface area contributed by atoms with E-state index in [2.05, 4.69) is 27.0 Å². The van der Waals surface area contributed by atoms with Crippen molar-refractivity contribution in [1.82, 2.24) is 14.9 Å². The van der Waals surface area contributed by atoms with Gasteiger partial charge in [0.15, 0.2) is 11.5 Å². The Kier molecular flexibility index (Phi) is 3.92. The van der Waals surface area contributed by atoms with Crippen molar-refractivity contribution in [3.63, 3.8) is 0 Å². The quantitative estimate of drug-likeness (QED) is 0.784. The van der Waals surface area contributed by atoms with Gasteiger partial charge < -0.3 is 19.4 Å². The molecule has 5 nitrogen and oxygen atoms in total. The standard InChI is InChI=1S/C19H19N3O2/c1-14-4-2-6-19(21-14)22-9-3-5-16(22)12-20-11-15-7-8-17-18(10-15)24-13-23-17/h2-10,20H,11-13H2,1H3. The largest absolute Gasteiger partial charge is 0.454 e. The number of aryl methyl sites for hydroxylation is 1. The number of hydrogen-bond acceptors (Lipinski definition) is 4. The van der Waals surface area contributed by atoms with Gasteiger partial charge >= 0.3 is 0 Å². The van der Waals surface area contributed by atoms with E-state index in [1.54, 1.807) is 0 Å². The molecule has 0 atom stereocenters. The molecule has 4 rings (SSSR count). The first kappa shape index (κ1) is 14.8. The van der Waals surface area contributed by atoms with Gasteiger partial charge in [-0.05, 0) is 48.9 Å². The first-order chi connectivity index (χ1) is 11.8. The first-order valence-corrected chi connectivity index (χ1v) is 7.99. The Morgan fingerprint density at radius 3 is 2.88 bits per heavy atom. The highest BCUT2D eigenvalue weighted by atomic mass is 16.7. The fourth-order valence-electron chi connectivity index (χ4n) is 2.83. The molecule has 0 unspecified atom stereocenters. The number of nitrogens with one attached hydrogen (secondary N) is 1. The molecule has 1 aliphatic rings. The van der Waals surface area contributed by atoms with Crippen LogP contribution in [0.15, 0.2) is 54.7 Å². The summed E-state index contributed by atoms with van der Waals surface area (Å²) in [6, 6.07) is 16.2. The van der Waals surface area contributed by atoms with E-state index in [1.807, 2.05) is 49.5 Å². The topological polar surface area (TPSA) is 48.3 Å². The average molecular weight is 321 g/mol. The fourth-order valence-corrected chi connectivity index (χ4v) is 2.83. The summed E-state index contributed by atoms with van der Waals surface area (Å²) in [7, 11) is 0. The molecule has 0 aliphatic carbocycles. The zero-order chi connectivity index (χ0) is 16.4. The van der Waals surface area contributed by atoms with Crippen molar-refractivity contribution in [3.8, 4) is 17.3 Å². The monoisotopic (exact) mass is 321 g/mol. The van der Waals surface area contributed by atoms with Crippen LogP contribution in [-0.4, -0.2) is 16.3 Å². The van der Waals surface area contributed by atoms with Crippen molar-refractivity contribution in [2.45, 2.75) is 20.0 Å². The molecule has 1 aromatic carbocycles. The molecular weight excluding hydrogens is 302 g/mol. The van der Waals surface area contributed by atoms with Crippen LogP contribution in [0.1, 0.15) is 17.0 Å². The molecule has 0 radical (unpaired) electrons. The molecule has 3 heterocycles. The van der Waals surface area contributed by atoms with Crippen LogP contribution in [0.4, 0.5) is 0 Å². The molecule has 0 spiro atoms. The summed E-state index contributed by atoms with van der Waals surface area (Å²) < 4.78 is 12.9. The van der Waals surface area contributed by atoms with Gasteiger partial charge in [-0.2, -0.15) is 0 Å². The molecule has 122 valence electrons. The Morgan fingerprint density at radius 2 is 1.96 bits per heavy atom. The van der Waals surface area contributed by atoms with Crippen LogP contribution in [0, 0.1) is 6.92 Å². The van der Waals surface area contributed by atoms with E-state index in [-0.39, 0.29) is 0 Å². The minimum atomic E-state index is 0.309. The fraction of sp³-hybridized carbons (Fsp3) is 0.211. The molecule has 1 aliphatic heterocycles. The van der Waals surface area contributed by atoms with Crippen molar-refractivity contribution < 1.29 is 9.47 Å². The van der Waals surface area contributed by atoms with E-state index < -0.39 is 0 Å². The average Bonchev–Trinajstić information content (AvgIpc) is 3.23. The van der Waals surface area contributed by atoms with Gasteiger partial charge in [0.25, 0.3) is 0 Å². The van der Waals surface area contributed by atoms with Crippen LogP contribution < -0.4 is 14.8 Å². The predicted octanol–water partition coefficient (Wildman–Crippen LogP) is 3.20. The number of hydrogen-bond donors (Lipinski definition) is 1. The molecule has 0 amide bonds. The molecule has 0 saturated carbocycles. The summed E-state index contributed by atoms with van der Waals surface area (Å²) in [5.74, 6) is 2.58. The van der Waals surface area contributed by atoms with E-state index in [0.717, 1.165) is 36.1 Å². The lowest BCUT2D eigenvalue weighted by Crippen LogP contribution is -2.15. The molecule has 24 heavy (non-hydrogen) atoms. The van der Waals surface area contributed by atoms with Gasteiger partial charge in [-0.1, -0.05) is 12.1 Å². The number of benzene rings is 1. The second kappa shape index (κ2) is 6.37. The van der Waals surface area contributed by atoms with Gasteiger partial charge in [-0.3, -0.25) is 0 Å². The third-order valence-electron chi connectivity index (χ3n) is 4.03. The van der Waals surface area contributed by atoms with Gasteiger partial charge in [-0.15, -0.1) is 0 Å². The SMILES string of the molecule is Cc1cccc(-n2cccc2CNCc2ccc3c(c2)OCO3)n1. The number of rotatable bonds is 5. The molecule has 5 heteroatoms. The number of nitrogens with zero attached hydrogens (tertiary/aromatic N) is 2. The van der Waals surface area contributed by atoms with E-state index in [4.69, 9.17) is 9.47 Å². The van der Waals surface area contributed by atoms with E-state index in [9.17, 15) is 0 Å². The smallest absolute Gasteiger partial charge is 0.231 e. The van der Waals surface area contributed by atoms with Crippen molar-refractivity contribution in [1.29, 1.82) is 0 Å². The molecule has 3 aromatic rings. The summed E-state index contributed by atoms with van der Waals surface area (Å²) in [5, 5.41) is 3.48. The van der Waals surface area contributed by atoms with Crippen LogP contribution >= 0.6 is 0 Å². The third kappa shape index (κ3) is 2.98. The summed E-state index contributed by atoms with van der Waals surface area (Å²) in [6.07, 6.45) is 2.04. The van der Waals surface area contributed by atoms with Crippen LogP contribution in [0.2, 0.25) is 0 Å². The summed E-state index contributed by atoms with van der Waals surface area (Å²) in [4.78, 5) is 4.59. The van der Waals surface area contributed by atoms with Gasteiger partial charge in [-0.25, -0.2) is 4.98 Å². The lowest BCUT2D eigenvalue weighted by molar-refractivity contribution is 0.174. The summed E-state index contributed by atoms with van der Waals surface area (Å²) >= 11 is 0. The van der Waals surface area contributed by atoms with Crippen molar-refractivity contribution in [2.75, 3.05) is 6.79 Å². The maximum atomic E-state index is 5.42. The second-order valence-corrected chi connectivity index (χ2v) is 5.80. The Balaban J connectivity index is 1.43. The lowest BCUT2D eigenvalue weighted by Gasteiger charge is -2.10. The lowest BCUT2D eigenvalue weighted by atomic mass is 10.2. The van der Waals surface area contributed by atoms with Crippen LogP contribution in [-0.2, 0) is 13.1 Å². The number of aromatic nitrogens is 2. The van der Waals surface area contributed by atoms with Gasteiger partial charge in [0.2, 0.25) is 6.79 Å². The minimum Gasteiger partial charge on any atom is -0.454 e. The maximum absolute atomic E-state index is 5.42. The van der Waals surface area contributed by atoms with E-state index >= 15 is 0 Å². The Hall–Kier alpha value is -2.79. The van der Waals surface area contributed by atoms with Crippen molar-refractivity contribution in [3.05, 3.63) is 71.7 Å². The third-order valence-corrected chi connectivity index (χ3v) is 4.03. The highest BCUT2D eigenvalue weighted by molar-refractivity contribution is 5.44. The maximum Gasteiger partial charge on any atom is 0.231 e. The van der Waals surface area contributed by atoms with E-state index in [1.165, 1.54) is 11.3 Å². The van der Waals surface area contributed by atoms with Crippen LogP contribution in [0.5, 0.6) is 11.5 Å². The molecular formula is C19H19N3O2. The molecule has 0 bridgehead atoms. The second-order valence-electron chi connectivity index (χ2n) is 5.80. The van der Waals surface area contributed by atoms with Crippen molar-refractivity contribution in [2.24, 2.45) is 0 Å². The number of fused-ring (bicyclic) bond motifs is 1. The minimum absolute atomic E-state index is 0.309. The summed E-state index contributed by atoms with van der Waals surface area (Å²) in [6.45, 7) is 3.84. The summed E-state index contributed by atoms with van der Waals surface area (Å²) in [5.41, 5.74) is 3.36. The Morgan fingerprint density at radius 1 is 1.04 bits per heavy atom. The Bertz CT molecular complexity index is 857.